The molecule has 1 aliphatic rings. The van der Waals surface area contributed by atoms with Gasteiger partial charge in [-0.05, 0) is 53.6 Å². The van der Waals surface area contributed by atoms with E-state index in [0.29, 0.717) is 19.0 Å². The lowest BCUT2D eigenvalue weighted by molar-refractivity contribution is -0.147. The molecule has 1 heterocycles. The molecule has 0 N–H and O–H groups in total. The van der Waals surface area contributed by atoms with Gasteiger partial charge in [0.05, 0.1) is 11.5 Å². The fourth-order valence-electron chi connectivity index (χ4n) is 2.72. The minimum Gasteiger partial charge on any atom is -0.490 e. The summed E-state index contributed by atoms with van der Waals surface area (Å²) in [5, 5.41) is -0.485. The molecule has 0 aliphatic carbocycles. The number of hydrogen-bond acceptors (Lipinski definition) is 7. The standard InChI is InChI=1S/C24H25NO6S/c1-17(2)16-31-22(26)15-25-23(27)21(32-24(25)28)14-18-8-10-20(11-9-18)30-13-12-29-19-6-4-3-5-7-19/h3-11,14,17H,12-13,15-16H2,1-2H3/b21-14+. The zero-order chi connectivity index (χ0) is 22.9. The number of rotatable bonds is 10. The highest BCUT2D eigenvalue weighted by atomic mass is 32.2. The van der Waals surface area contributed by atoms with Crippen molar-refractivity contribution in [3.8, 4) is 11.5 Å². The monoisotopic (exact) mass is 455 g/mol. The van der Waals surface area contributed by atoms with Crippen LogP contribution in [0.5, 0.6) is 11.5 Å². The van der Waals surface area contributed by atoms with E-state index in [9.17, 15) is 14.4 Å². The summed E-state index contributed by atoms with van der Waals surface area (Å²) >= 11 is 0.805. The van der Waals surface area contributed by atoms with Gasteiger partial charge in [-0.2, -0.15) is 0 Å². The smallest absolute Gasteiger partial charge is 0.326 e. The molecule has 0 atom stereocenters. The number of carbonyl (C=O) groups is 3. The molecule has 2 aromatic carbocycles. The van der Waals surface area contributed by atoms with Crippen LogP contribution in [0.4, 0.5) is 4.79 Å². The molecule has 1 fully saturated rings. The highest BCUT2D eigenvalue weighted by Gasteiger charge is 2.36. The number of carbonyl (C=O) groups excluding carboxylic acids is 3. The second-order valence-corrected chi connectivity index (χ2v) is 8.42. The molecule has 0 unspecified atom stereocenters. The Morgan fingerprint density at radius 2 is 1.59 bits per heavy atom. The van der Waals surface area contributed by atoms with Crippen molar-refractivity contribution in [3.05, 3.63) is 65.1 Å². The lowest BCUT2D eigenvalue weighted by atomic mass is 10.2. The van der Waals surface area contributed by atoms with E-state index in [1.54, 1.807) is 30.3 Å². The Hall–Kier alpha value is -3.26. The van der Waals surface area contributed by atoms with E-state index in [-0.39, 0.29) is 24.0 Å². The number of esters is 1. The minimum atomic E-state index is -0.597. The predicted molar refractivity (Wildman–Crippen MR) is 122 cm³/mol. The zero-order valence-electron chi connectivity index (χ0n) is 18.0. The van der Waals surface area contributed by atoms with Crippen LogP contribution in [-0.4, -0.2) is 48.4 Å². The maximum atomic E-state index is 12.5. The molecule has 0 aromatic heterocycles. The van der Waals surface area contributed by atoms with E-state index in [1.807, 2.05) is 44.2 Å². The maximum absolute atomic E-state index is 12.5. The number of hydrogen-bond donors (Lipinski definition) is 0. The van der Waals surface area contributed by atoms with Crippen LogP contribution in [-0.2, 0) is 14.3 Å². The number of thioether (sulfide) groups is 1. The van der Waals surface area contributed by atoms with Crippen molar-refractivity contribution in [1.29, 1.82) is 0 Å². The fourth-order valence-corrected chi connectivity index (χ4v) is 3.56. The SMILES string of the molecule is CC(C)COC(=O)CN1C(=O)S/C(=C/c2ccc(OCCOc3ccccc3)cc2)C1=O. The first-order chi connectivity index (χ1) is 15.4. The van der Waals surface area contributed by atoms with Gasteiger partial charge in [0.25, 0.3) is 11.1 Å². The van der Waals surface area contributed by atoms with Gasteiger partial charge in [-0.25, -0.2) is 0 Å². The molecule has 1 saturated heterocycles. The summed E-state index contributed by atoms with van der Waals surface area (Å²) in [5.41, 5.74) is 0.741. The van der Waals surface area contributed by atoms with Crippen LogP contribution >= 0.6 is 11.8 Å². The number of ether oxygens (including phenoxy) is 3. The fraction of sp³-hybridized carbons (Fsp3) is 0.292. The number of amides is 2. The van der Waals surface area contributed by atoms with Gasteiger partial charge in [-0.1, -0.05) is 44.2 Å². The summed E-state index contributed by atoms with van der Waals surface area (Å²) in [6, 6.07) is 16.6. The third-order valence-corrected chi connectivity index (χ3v) is 5.19. The molecular formula is C24H25NO6S. The first-order valence-electron chi connectivity index (χ1n) is 10.2. The predicted octanol–water partition coefficient (Wildman–Crippen LogP) is 4.38. The van der Waals surface area contributed by atoms with Gasteiger partial charge in [0.2, 0.25) is 0 Å². The highest BCUT2D eigenvalue weighted by Crippen LogP contribution is 2.32. The summed E-state index contributed by atoms with van der Waals surface area (Å²) in [7, 11) is 0. The topological polar surface area (TPSA) is 82.1 Å². The van der Waals surface area contributed by atoms with E-state index in [4.69, 9.17) is 14.2 Å². The molecule has 2 amide bonds. The second-order valence-electron chi connectivity index (χ2n) is 7.42. The summed E-state index contributed by atoms with van der Waals surface area (Å²) in [4.78, 5) is 37.7. The van der Waals surface area contributed by atoms with Crippen LogP contribution in [0.15, 0.2) is 59.5 Å². The summed E-state index contributed by atoms with van der Waals surface area (Å²) < 4.78 is 16.3. The van der Waals surface area contributed by atoms with Crippen LogP contribution < -0.4 is 9.47 Å². The summed E-state index contributed by atoms with van der Waals surface area (Å²) in [6.45, 7) is 4.48. The van der Waals surface area contributed by atoms with Gasteiger partial charge in [0, 0.05) is 0 Å². The van der Waals surface area contributed by atoms with Crippen molar-refractivity contribution < 1.29 is 28.6 Å². The number of imide groups is 1. The molecule has 0 saturated carbocycles. The minimum absolute atomic E-state index is 0.178. The lowest BCUT2D eigenvalue weighted by Crippen LogP contribution is -2.34. The van der Waals surface area contributed by atoms with Crippen molar-refractivity contribution >= 4 is 35.0 Å². The van der Waals surface area contributed by atoms with E-state index in [1.165, 1.54) is 0 Å². The molecule has 0 spiro atoms. The Kier molecular flexibility index (Phi) is 8.33. The number of para-hydroxylation sites is 1. The normalized spacial score (nSPS) is 14.8. The van der Waals surface area contributed by atoms with E-state index >= 15 is 0 Å². The van der Waals surface area contributed by atoms with Gasteiger partial charge in [-0.3, -0.25) is 19.3 Å². The quantitative estimate of drug-likeness (QED) is 0.299. The van der Waals surface area contributed by atoms with Gasteiger partial charge in [0.15, 0.2) is 0 Å². The Morgan fingerprint density at radius 1 is 0.969 bits per heavy atom. The average molecular weight is 456 g/mol. The van der Waals surface area contributed by atoms with Crippen molar-refractivity contribution in [3.63, 3.8) is 0 Å². The molecule has 2 aromatic rings. The van der Waals surface area contributed by atoms with Crippen LogP contribution in [0.25, 0.3) is 6.08 Å². The molecule has 1 aliphatic heterocycles. The van der Waals surface area contributed by atoms with Crippen molar-refractivity contribution in [2.75, 3.05) is 26.4 Å². The summed E-state index contributed by atoms with van der Waals surface area (Å²) in [5.74, 6) is 0.533. The first-order valence-corrected chi connectivity index (χ1v) is 11.1. The van der Waals surface area contributed by atoms with E-state index < -0.39 is 17.1 Å². The third kappa shape index (κ3) is 6.88. The van der Waals surface area contributed by atoms with E-state index in [2.05, 4.69) is 0 Å². The van der Waals surface area contributed by atoms with E-state index in [0.717, 1.165) is 28.0 Å². The van der Waals surface area contributed by atoms with Gasteiger partial charge < -0.3 is 14.2 Å². The molecule has 7 nitrogen and oxygen atoms in total. The van der Waals surface area contributed by atoms with Crippen molar-refractivity contribution in [2.24, 2.45) is 5.92 Å². The molecule has 8 heteroatoms. The van der Waals surface area contributed by atoms with Crippen LogP contribution in [0.3, 0.4) is 0 Å². The van der Waals surface area contributed by atoms with Crippen LogP contribution in [0, 0.1) is 5.92 Å². The molecular weight excluding hydrogens is 430 g/mol. The van der Waals surface area contributed by atoms with Crippen molar-refractivity contribution in [2.45, 2.75) is 13.8 Å². The Labute approximate surface area is 191 Å². The Morgan fingerprint density at radius 3 is 2.22 bits per heavy atom. The number of nitrogens with zero attached hydrogens (tertiary/aromatic N) is 1. The maximum Gasteiger partial charge on any atom is 0.326 e. The first kappa shape index (κ1) is 23.4. The lowest BCUT2D eigenvalue weighted by Gasteiger charge is -2.12. The van der Waals surface area contributed by atoms with Gasteiger partial charge >= 0.3 is 5.97 Å². The largest absolute Gasteiger partial charge is 0.490 e. The van der Waals surface area contributed by atoms with Gasteiger partial charge in [-0.15, -0.1) is 0 Å². The Bertz CT molecular complexity index is 972. The molecule has 0 radical (unpaired) electrons. The molecule has 168 valence electrons. The van der Waals surface area contributed by atoms with Gasteiger partial charge in [0.1, 0.15) is 31.3 Å². The third-order valence-electron chi connectivity index (χ3n) is 4.28. The summed E-state index contributed by atoms with van der Waals surface area (Å²) in [6.07, 6.45) is 1.62. The zero-order valence-corrected chi connectivity index (χ0v) is 18.8. The molecule has 3 rings (SSSR count). The van der Waals surface area contributed by atoms with Crippen LogP contribution in [0.2, 0.25) is 0 Å². The average Bonchev–Trinajstić information content (AvgIpc) is 3.04. The van der Waals surface area contributed by atoms with Crippen molar-refractivity contribution in [1.82, 2.24) is 4.90 Å². The van der Waals surface area contributed by atoms with Crippen LogP contribution in [0.1, 0.15) is 19.4 Å². The highest BCUT2D eigenvalue weighted by molar-refractivity contribution is 8.18. The number of benzene rings is 2. The Balaban J connectivity index is 1.50. The molecule has 0 bridgehead atoms. The second kappa shape index (κ2) is 11.4. The molecule has 32 heavy (non-hydrogen) atoms.